The van der Waals surface area contributed by atoms with Gasteiger partial charge in [-0.3, -0.25) is 4.79 Å². The summed E-state index contributed by atoms with van der Waals surface area (Å²) in [5, 5.41) is 4.48. The zero-order valence-electron chi connectivity index (χ0n) is 10.0. The normalized spacial score (nSPS) is 10.6. The van der Waals surface area contributed by atoms with Gasteiger partial charge >= 0.3 is 0 Å². The molecule has 0 aromatic heterocycles. The molecule has 0 saturated carbocycles. The minimum Gasteiger partial charge on any atom is -0.399 e. The van der Waals surface area contributed by atoms with Gasteiger partial charge in [-0.15, -0.1) is 0 Å². The van der Waals surface area contributed by atoms with Crippen LogP contribution in [0.5, 0.6) is 0 Å². The fourth-order valence-electron chi connectivity index (χ4n) is 1.50. The van der Waals surface area contributed by atoms with Gasteiger partial charge in [-0.2, -0.15) is 5.10 Å². The number of carbonyl (C=O) groups is 1. The maximum atomic E-state index is 11.7. The highest BCUT2D eigenvalue weighted by Gasteiger charge is 2.03. The summed E-state index contributed by atoms with van der Waals surface area (Å²) in [6.07, 6.45) is 1.52. The fraction of sp³-hybridized carbons (Fsp3) is 0. The number of halogens is 1. The van der Waals surface area contributed by atoms with Crippen molar-refractivity contribution in [3.8, 4) is 0 Å². The van der Waals surface area contributed by atoms with Crippen LogP contribution >= 0.6 is 11.6 Å². The van der Waals surface area contributed by atoms with Crippen LogP contribution in [0, 0.1) is 0 Å². The van der Waals surface area contributed by atoms with Crippen LogP contribution in [0.1, 0.15) is 15.9 Å². The first kappa shape index (κ1) is 13.1. The number of nitrogens with zero attached hydrogens (tertiary/aromatic N) is 1. The Morgan fingerprint density at radius 3 is 2.74 bits per heavy atom. The van der Waals surface area contributed by atoms with Crippen molar-refractivity contribution in [2.75, 3.05) is 5.73 Å². The third kappa shape index (κ3) is 3.82. The van der Waals surface area contributed by atoms with Crippen LogP contribution in [-0.4, -0.2) is 12.1 Å². The zero-order chi connectivity index (χ0) is 13.7. The number of hydrogen-bond donors (Lipinski definition) is 2. The largest absolute Gasteiger partial charge is 0.399 e. The summed E-state index contributed by atoms with van der Waals surface area (Å²) < 4.78 is 0. The van der Waals surface area contributed by atoms with E-state index in [2.05, 4.69) is 10.5 Å². The molecule has 0 aliphatic heterocycles. The Bertz CT molecular complexity index is 626. The van der Waals surface area contributed by atoms with Gasteiger partial charge in [-0.1, -0.05) is 29.8 Å². The van der Waals surface area contributed by atoms with Crippen LogP contribution in [0.2, 0.25) is 5.02 Å². The Kier molecular flexibility index (Phi) is 4.15. The van der Waals surface area contributed by atoms with Crippen molar-refractivity contribution in [2.24, 2.45) is 5.10 Å². The molecule has 0 fully saturated rings. The first-order valence-corrected chi connectivity index (χ1v) is 5.97. The number of rotatable bonds is 3. The minimum atomic E-state index is -0.314. The number of hydrogen-bond acceptors (Lipinski definition) is 3. The Labute approximate surface area is 115 Å². The standard InChI is InChI=1S/C14H12ClN3O/c15-12-5-1-3-10(7-12)9-17-18-14(19)11-4-2-6-13(16)8-11/h1-9H,16H2,(H,18,19)/b17-9-. The van der Waals surface area contributed by atoms with Gasteiger partial charge in [-0.25, -0.2) is 5.43 Å². The topological polar surface area (TPSA) is 67.5 Å². The van der Waals surface area contributed by atoms with E-state index in [-0.39, 0.29) is 5.91 Å². The van der Waals surface area contributed by atoms with E-state index >= 15 is 0 Å². The SMILES string of the molecule is Nc1cccc(C(=O)N/N=C\c2cccc(Cl)c2)c1. The zero-order valence-corrected chi connectivity index (χ0v) is 10.8. The molecule has 2 aromatic carbocycles. The summed E-state index contributed by atoms with van der Waals surface area (Å²) in [5.41, 5.74) is 9.83. The van der Waals surface area contributed by atoms with Crippen molar-refractivity contribution >= 4 is 29.4 Å². The number of nitrogens with one attached hydrogen (secondary N) is 1. The first-order chi connectivity index (χ1) is 9.15. The second kappa shape index (κ2) is 6.02. The number of anilines is 1. The molecule has 4 nitrogen and oxygen atoms in total. The number of hydrazone groups is 1. The molecule has 5 heteroatoms. The van der Waals surface area contributed by atoms with Crippen molar-refractivity contribution < 1.29 is 4.79 Å². The number of benzene rings is 2. The molecule has 0 spiro atoms. The Hall–Kier alpha value is -2.33. The first-order valence-electron chi connectivity index (χ1n) is 5.59. The molecular formula is C14H12ClN3O. The third-order valence-corrected chi connectivity index (χ3v) is 2.61. The number of nitrogen functional groups attached to an aromatic ring is 1. The van der Waals surface area contributed by atoms with Crippen molar-refractivity contribution in [2.45, 2.75) is 0 Å². The van der Waals surface area contributed by atoms with Crippen LogP contribution in [0.3, 0.4) is 0 Å². The molecule has 0 heterocycles. The molecule has 0 radical (unpaired) electrons. The monoisotopic (exact) mass is 273 g/mol. The van der Waals surface area contributed by atoms with E-state index in [4.69, 9.17) is 17.3 Å². The number of nitrogens with two attached hydrogens (primary N) is 1. The van der Waals surface area contributed by atoms with Crippen LogP contribution in [0.15, 0.2) is 53.6 Å². The molecule has 19 heavy (non-hydrogen) atoms. The van der Waals surface area contributed by atoms with E-state index in [1.165, 1.54) is 6.21 Å². The average Bonchev–Trinajstić information content (AvgIpc) is 2.38. The molecule has 96 valence electrons. The van der Waals surface area contributed by atoms with Gasteiger partial charge in [0.15, 0.2) is 0 Å². The van der Waals surface area contributed by atoms with Gasteiger partial charge in [0, 0.05) is 16.3 Å². The Morgan fingerprint density at radius 1 is 1.21 bits per heavy atom. The molecule has 0 aliphatic rings. The molecule has 2 aromatic rings. The molecule has 0 unspecified atom stereocenters. The third-order valence-electron chi connectivity index (χ3n) is 2.38. The minimum absolute atomic E-state index is 0.314. The van der Waals surface area contributed by atoms with Gasteiger partial charge in [-0.05, 0) is 35.9 Å². The maximum absolute atomic E-state index is 11.7. The van der Waals surface area contributed by atoms with Crippen LogP contribution in [-0.2, 0) is 0 Å². The van der Waals surface area contributed by atoms with Gasteiger partial charge in [0.05, 0.1) is 6.21 Å². The molecule has 3 N–H and O–H groups in total. The Morgan fingerprint density at radius 2 is 2.00 bits per heavy atom. The summed E-state index contributed by atoms with van der Waals surface area (Å²) in [6.45, 7) is 0. The summed E-state index contributed by atoms with van der Waals surface area (Å²) in [6, 6.07) is 13.8. The lowest BCUT2D eigenvalue weighted by Crippen LogP contribution is -2.17. The molecule has 0 aliphatic carbocycles. The lowest BCUT2D eigenvalue weighted by molar-refractivity contribution is 0.0955. The molecule has 2 rings (SSSR count). The second-order valence-electron chi connectivity index (χ2n) is 3.88. The lowest BCUT2D eigenvalue weighted by atomic mass is 10.2. The second-order valence-corrected chi connectivity index (χ2v) is 4.32. The maximum Gasteiger partial charge on any atom is 0.271 e. The highest BCUT2D eigenvalue weighted by molar-refractivity contribution is 6.30. The quantitative estimate of drug-likeness (QED) is 0.513. The molecule has 0 atom stereocenters. The predicted octanol–water partition coefficient (Wildman–Crippen LogP) is 2.69. The van der Waals surface area contributed by atoms with Crippen LogP contribution < -0.4 is 11.2 Å². The van der Waals surface area contributed by atoms with E-state index in [1.807, 2.05) is 12.1 Å². The molecular weight excluding hydrogens is 262 g/mol. The van der Waals surface area contributed by atoms with Gasteiger partial charge in [0.25, 0.3) is 5.91 Å². The van der Waals surface area contributed by atoms with E-state index < -0.39 is 0 Å². The van der Waals surface area contributed by atoms with Crippen molar-refractivity contribution in [1.82, 2.24) is 5.43 Å². The smallest absolute Gasteiger partial charge is 0.271 e. The number of amides is 1. The number of carbonyl (C=O) groups excluding carboxylic acids is 1. The Balaban J connectivity index is 2.01. The highest BCUT2D eigenvalue weighted by atomic mass is 35.5. The predicted molar refractivity (Wildman–Crippen MR) is 77.4 cm³/mol. The lowest BCUT2D eigenvalue weighted by Gasteiger charge is -2.00. The summed E-state index contributed by atoms with van der Waals surface area (Å²) in [5.74, 6) is -0.314. The van der Waals surface area contributed by atoms with E-state index in [0.29, 0.717) is 16.3 Å². The van der Waals surface area contributed by atoms with Gasteiger partial charge in [0.2, 0.25) is 0 Å². The van der Waals surface area contributed by atoms with Crippen molar-refractivity contribution in [3.05, 3.63) is 64.7 Å². The van der Waals surface area contributed by atoms with Crippen LogP contribution in [0.25, 0.3) is 0 Å². The molecule has 0 bridgehead atoms. The van der Waals surface area contributed by atoms with Gasteiger partial charge < -0.3 is 5.73 Å². The van der Waals surface area contributed by atoms with Crippen molar-refractivity contribution in [3.63, 3.8) is 0 Å². The fourth-order valence-corrected chi connectivity index (χ4v) is 1.70. The van der Waals surface area contributed by atoms with Crippen molar-refractivity contribution in [1.29, 1.82) is 0 Å². The summed E-state index contributed by atoms with van der Waals surface area (Å²) >= 11 is 5.84. The average molecular weight is 274 g/mol. The van der Waals surface area contributed by atoms with Crippen LogP contribution in [0.4, 0.5) is 5.69 Å². The molecule has 1 amide bonds. The van der Waals surface area contributed by atoms with E-state index in [9.17, 15) is 4.79 Å². The van der Waals surface area contributed by atoms with Gasteiger partial charge in [0.1, 0.15) is 0 Å². The highest BCUT2D eigenvalue weighted by Crippen LogP contribution is 2.09. The molecule has 0 saturated heterocycles. The van der Waals surface area contributed by atoms with E-state index in [1.54, 1.807) is 36.4 Å². The van der Waals surface area contributed by atoms with E-state index in [0.717, 1.165) is 5.56 Å². The summed E-state index contributed by atoms with van der Waals surface area (Å²) in [4.78, 5) is 11.7. The summed E-state index contributed by atoms with van der Waals surface area (Å²) in [7, 11) is 0.